The zero-order chi connectivity index (χ0) is 18.1. The monoisotopic (exact) mass is 356 g/mol. The van der Waals surface area contributed by atoms with Gasteiger partial charge < -0.3 is 15.4 Å². The molecule has 132 valence electrons. The number of thiocarbonyl (C=S) groups is 1. The smallest absolute Gasteiger partial charge is 0.338 e. The van der Waals surface area contributed by atoms with Crippen molar-refractivity contribution in [1.29, 1.82) is 0 Å². The fourth-order valence-electron chi connectivity index (χ4n) is 2.42. The number of nitrogens with one attached hydrogen (secondary N) is 2. The molecule has 0 unspecified atom stereocenters. The molecule has 2 aromatic rings. The van der Waals surface area contributed by atoms with Crippen LogP contribution in [0.2, 0.25) is 0 Å². The van der Waals surface area contributed by atoms with Crippen molar-refractivity contribution in [3.63, 3.8) is 0 Å². The second-order valence-corrected chi connectivity index (χ2v) is 6.05. The molecule has 5 heteroatoms. The van der Waals surface area contributed by atoms with Gasteiger partial charge in [-0.05, 0) is 67.9 Å². The average Bonchev–Trinajstić information content (AvgIpc) is 2.61. The lowest BCUT2D eigenvalue weighted by Gasteiger charge is -2.14. The van der Waals surface area contributed by atoms with Crippen LogP contribution in [0.5, 0.6) is 0 Å². The Labute approximate surface area is 154 Å². The summed E-state index contributed by atoms with van der Waals surface area (Å²) in [7, 11) is 0. The van der Waals surface area contributed by atoms with Crippen LogP contribution in [-0.4, -0.2) is 17.7 Å². The minimum atomic E-state index is -0.320. The van der Waals surface area contributed by atoms with Crippen LogP contribution >= 0.6 is 12.2 Å². The van der Waals surface area contributed by atoms with Crippen molar-refractivity contribution in [2.45, 2.75) is 33.1 Å². The number of hydrogen-bond donors (Lipinski definition) is 2. The number of hydrogen-bond acceptors (Lipinski definition) is 3. The van der Waals surface area contributed by atoms with Gasteiger partial charge in [-0.1, -0.05) is 31.5 Å². The Balaban J connectivity index is 1.97. The van der Waals surface area contributed by atoms with Gasteiger partial charge in [-0.15, -0.1) is 0 Å². The highest BCUT2D eigenvalue weighted by Crippen LogP contribution is 2.18. The van der Waals surface area contributed by atoms with E-state index in [1.165, 1.54) is 5.56 Å². The molecular formula is C20H24N2O2S. The lowest BCUT2D eigenvalue weighted by molar-refractivity contribution is 0.0526. The van der Waals surface area contributed by atoms with Gasteiger partial charge in [-0.3, -0.25) is 0 Å². The minimum absolute atomic E-state index is 0.320. The van der Waals surface area contributed by atoms with Gasteiger partial charge >= 0.3 is 5.97 Å². The van der Waals surface area contributed by atoms with Crippen LogP contribution in [-0.2, 0) is 11.2 Å². The standard InChI is InChI=1S/C20H24N2O2S/c1-3-5-8-15-9-6-7-10-18(15)22-20(25)21-17-13-11-16(12-14-17)19(23)24-4-2/h6-7,9-14H,3-5,8H2,1-2H3,(H2,21,22,25). The summed E-state index contributed by atoms with van der Waals surface area (Å²) in [4.78, 5) is 11.7. The van der Waals surface area contributed by atoms with Gasteiger partial charge in [0.25, 0.3) is 0 Å². The molecule has 0 atom stereocenters. The fraction of sp³-hybridized carbons (Fsp3) is 0.300. The molecule has 25 heavy (non-hydrogen) atoms. The first kappa shape index (κ1) is 18.9. The number of anilines is 2. The van der Waals surface area contributed by atoms with Crippen LogP contribution < -0.4 is 10.6 Å². The lowest BCUT2D eigenvalue weighted by atomic mass is 10.1. The van der Waals surface area contributed by atoms with E-state index < -0.39 is 0 Å². The van der Waals surface area contributed by atoms with Crippen molar-refractivity contribution in [2.24, 2.45) is 0 Å². The maximum Gasteiger partial charge on any atom is 0.338 e. The number of benzene rings is 2. The summed E-state index contributed by atoms with van der Waals surface area (Å²) in [6.07, 6.45) is 3.33. The zero-order valence-electron chi connectivity index (χ0n) is 14.7. The van der Waals surface area contributed by atoms with Crippen LogP contribution in [0.1, 0.15) is 42.6 Å². The largest absolute Gasteiger partial charge is 0.462 e. The van der Waals surface area contributed by atoms with Gasteiger partial charge in [0.15, 0.2) is 5.11 Å². The van der Waals surface area contributed by atoms with E-state index in [4.69, 9.17) is 17.0 Å². The summed E-state index contributed by atoms with van der Waals surface area (Å²) in [6, 6.07) is 15.2. The predicted octanol–water partition coefficient (Wildman–Crippen LogP) is 5.01. The van der Waals surface area contributed by atoms with E-state index in [1.807, 2.05) is 30.3 Å². The van der Waals surface area contributed by atoms with E-state index >= 15 is 0 Å². The topological polar surface area (TPSA) is 50.4 Å². The van der Waals surface area contributed by atoms with E-state index in [9.17, 15) is 4.79 Å². The molecule has 0 aliphatic rings. The third kappa shape index (κ3) is 5.87. The number of aryl methyl sites for hydroxylation is 1. The van der Waals surface area contributed by atoms with Crippen molar-refractivity contribution >= 4 is 34.7 Å². The summed E-state index contributed by atoms with van der Waals surface area (Å²) in [5, 5.41) is 6.92. The number of ether oxygens (including phenoxy) is 1. The first-order valence-electron chi connectivity index (χ1n) is 8.57. The van der Waals surface area contributed by atoms with Gasteiger partial charge in [0.05, 0.1) is 12.2 Å². The molecule has 0 bridgehead atoms. The number of para-hydroxylation sites is 1. The Morgan fingerprint density at radius 2 is 1.76 bits per heavy atom. The molecule has 0 saturated carbocycles. The van der Waals surface area contributed by atoms with E-state index in [-0.39, 0.29) is 5.97 Å². The third-order valence-corrected chi connectivity index (χ3v) is 3.92. The quantitative estimate of drug-likeness (QED) is 0.539. The van der Waals surface area contributed by atoms with Gasteiger partial charge in [-0.2, -0.15) is 0 Å². The van der Waals surface area contributed by atoms with E-state index in [0.717, 1.165) is 30.6 Å². The summed E-state index contributed by atoms with van der Waals surface area (Å²) in [6.45, 7) is 4.34. The fourth-order valence-corrected chi connectivity index (χ4v) is 2.64. The highest BCUT2D eigenvalue weighted by atomic mass is 32.1. The minimum Gasteiger partial charge on any atom is -0.462 e. The number of carbonyl (C=O) groups excluding carboxylic acids is 1. The number of carbonyl (C=O) groups is 1. The van der Waals surface area contributed by atoms with E-state index in [1.54, 1.807) is 19.1 Å². The first-order valence-corrected chi connectivity index (χ1v) is 8.98. The van der Waals surface area contributed by atoms with Crippen LogP contribution in [0.15, 0.2) is 48.5 Å². The number of esters is 1. The molecule has 0 aliphatic carbocycles. The lowest BCUT2D eigenvalue weighted by Crippen LogP contribution is -2.20. The van der Waals surface area contributed by atoms with Gasteiger partial charge in [-0.25, -0.2) is 4.79 Å². The number of rotatable bonds is 7. The van der Waals surface area contributed by atoms with Crippen LogP contribution in [0.3, 0.4) is 0 Å². The highest BCUT2D eigenvalue weighted by molar-refractivity contribution is 7.80. The SMILES string of the molecule is CCCCc1ccccc1NC(=S)Nc1ccc(C(=O)OCC)cc1. The molecule has 0 amide bonds. The Bertz CT molecular complexity index is 714. The summed E-state index contributed by atoms with van der Waals surface area (Å²) in [5.74, 6) is -0.320. The van der Waals surface area contributed by atoms with Crippen molar-refractivity contribution in [2.75, 3.05) is 17.2 Å². The Morgan fingerprint density at radius 3 is 2.44 bits per heavy atom. The zero-order valence-corrected chi connectivity index (χ0v) is 15.5. The third-order valence-electron chi connectivity index (χ3n) is 3.72. The molecule has 0 heterocycles. The summed E-state index contributed by atoms with van der Waals surface area (Å²) >= 11 is 5.40. The second kappa shape index (κ2) is 9.79. The van der Waals surface area contributed by atoms with E-state index in [2.05, 4.69) is 23.6 Å². The number of unbranched alkanes of at least 4 members (excludes halogenated alkanes) is 1. The molecule has 0 aromatic heterocycles. The Morgan fingerprint density at radius 1 is 1.04 bits per heavy atom. The van der Waals surface area contributed by atoms with Crippen LogP contribution in [0.25, 0.3) is 0 Å². The molecule has 2 N–H and O–H groups in total. The molecule has 2 aromatic carbocycles. The Kier molecular flexibility index (Phi) is 7.41. The Hall–Kier alpha value is -2.40. The summed E-state index contributed by atoms with van der Waals surface area (Å²) < 4.78 is 4.98. The molecule has 0 saturated heterocycles. The van der Waals surface area contributed by atoms with Gasteiger partial charge in [0.1, 0.15) is 0 Å². The molecule has 2 rings (SSSR count). The molecule has 4 nitrogen and oxygen atoms in total. The highest BCUT2D eigenvalue weighted by Gasteiger charge is 2.07. The maximum atomic E-state index is 11.7. The van der Waals surface area contributed by atoms with Crippen molar-refractivity contribution in [1.82, 2.24) is 0 Å². The van der Waals surface area contributed by atoms with Crippen molar-refractivity contribution < 1.29 is 9.53 Å². The molecule has 0 radical (unpaired) electrons. The van der Waals surface area contributed by atoms with Crippen molar-refractivity contribution in [3.8, 4) is 0 Å². The van der Waals surface area contributed by atoms with Gasteiger partial charge in [0, 0.05) is 11.4 Å². The normalized spacial score (nSPS) is 10.2. The van der Waals surface area contributed by atoms with Gasteiger partial charge in [0.2, 0.25) is 0 Å². The molecular weight excluding hydrogens is 332 g/mol. The van der Waals surface area contributed by atoms with Crippen molar-refractivity contribution in [3.05, 3.63) is 59.7 Å². The molecule has 0 aliphatic heterocycles. The van der Waals surface area contributed by atoms with Crippen LogP contribution in [0, 0.1) is 0 Å². The first-order chi connectivity index (χ1) is 12.1. The molecule has 0 fully saturated rings. The summed E-state index contributed by atoms with van der Waals surface area (Å²) in [5.41, 5.74) is 3.62. The second-order valence-electron chi connectivity index (χ2n) is 5.64. The maximum absolute atomic E-state index is 11.7. The molecule has 0 spiro atoms. The van der Waals surface area contributed by atoms with E-state index in [0.29, 0.717) is 17.3 Å². The predicted molar refractivity (Wildman–Crippen MR) is 107 cm³/mol. The van der Waals surface area contributed by atoms with Crippen LogP contribution in [0.4, 0.5) is 11.4 Å². The average molecular weight is 356 g/mol.